The second-order valence-corrected chi connectivity index (χ2v) is 7.68. The van der Waals surface area contributed by atoms with Gasteiger partial charge < -0.3 is 14.5 Å². The van der Waals surface area contributed by atoms with Gasteiger partial charge in [-0.2, -0.15) is 0 Å². The Morgan fingerprint density at radius 2 is 1.95 bits per heavy atom. The van der Waals surface area contributed by atoms with Crippen molar-refractivity contribution in [1.29, 1.82) is 0 Å². The lowest BCUT2D eigenvalue weighted by Crippen LogP contribution is -2.48. The van der Waals surface area contributed by atoms with E-state index in [-0.39, 0.29) is 11.9 Å². The van der Waals surface area contributed by atoms with Gasteiger partial charge in [0.1, 0.15) is 5.75 Å². The molecular formula is C13H26N2O4S. The highest BCUT2D eigenvalue weighted by Gasteiger charge is 2.28. The standard InChI is InChI=1S/C13H26N2O4S/c1-14-8-5-12(6-9-14)15(7-4-10-19-2)13(16)11-20(3,17)18/h12H,4-11H2,1-3H3. The lowest BCUT2D eigenvalue weighted by Gasteiger charge is -2.37. The Bertz CT molecular complexity index is 403. The van der Waals surface area contributed by atoms with Crippen LogP contribution < -0.4 is 0 Å². The molecule has 1 saturated heterocycles. The van der Waals surface area contributed by atoms with Crippen LogP contribution in [0.15, 0.2) is 0 Å². The smallest absolute Gasteiger partial charge is 0.238 e. The quantitative estimate of drug-likeness (QED) is 0.619. The van der Waals surface area contributed by atoms with Crippen LogP contribution in [0.3, 0.4) is 0 Å². The summed E-state index contributed by atoms with van der Waals surface area (Å²) in [4.78, 5) is 16.2. The largest absolute Gasteiger partial charge is 0.385 e. The zero-order chi connectivity index (χ0) is 15.2. The molecule has 0 saturated carbocycles. The van der Waals surface area contributed by atoms with Crippen LogP contribution >= 0.6 is 0 Å². The Kier molecular flexibility index (Phi) is 6.91. The van der Waals surface area contributed by atoms with E-state index in [0.717, 1.165) is 38.6 Å². The van der Waals surface area contributed by atoms with Crippen LogP contribution in [-0.2, 0) is 19.4 Å². The first-order valence-corrected chi connectivity index (χ1v) is 9.04. The van der Waals surface area contributed by atoms with Gasteiger partial charge >= 0.3 is 0 Å². The average Bonchev–Trinajstić information content (AvgIpc) is 2.34. The van der Waals surface area contributed by atoms with Crippen molar-refractivity contribution in [3.63, 3.8) is 0 Å². The van der Waals surface area contributed by atoms with Crippen LogP contribution in [-0.4, -0.2) is 82.6 Å². The fourth-order valence-corrected chi connectivity index (χ4v) is 3.12. The third kappa shape index (κ3) is 6.19. The molecule has 0 aliphatic carbocycles. The number of hydrogen-bond donors (Lipinski definition) is 0. The van der Waals surface area contributed by atoms with Gasteiger partial charge in [-0.3, -0.25) is 4.79 Å². The van der Waals surface area contributed by atoms with Crippen LogP contribution in [0, 0.1) is 0 Å². The first-order valence-electron chi connectivity index (χ1n) is 6.98. The van der Waals surface area contributed by atoms with E-state index in [0.29, 0.717) is 13.2 Å². The molecule has 118 valence electrons. The van der Waals surface area contributed by atoms with Gasteiger partial charge in [0.05, 0.1) is 0 Å². The fraction of sp³-hybridized carbons (Fsp3) is 0.923. The maximum atomic E-state index is 12.2. The van der Waals surface area contributed by atoms with Gasteiger partial charge in [-0.25, -0.2) is 8.42 Å². The van der Waals surface area contributed by atoms with Crippen molar-refractivity contribution in [2.75, 3.05) is 52.4 Å². The fourth-order valence-electron chi connectivity index (χ4n) is 2.50. The number of ether oxygens (including phenoxy) is 1. The SMILES string of the molecule is COCCCN(C(=O)CS(C)(=O)=O)C1CCN(C)CC1. The Morgan fingerprint density at radius 3 is 2.45 bits per heavy atom. The van der Waals surface area contributed by atoms with Crippen LogP contribution in [0.2, 0.25) is 0 Å². The third-order valence-corrected chi connectivity index (χ3v) is 4.35. The van der Waals surface area contributed by atoms with Gasteiger partial charge in [-0.15, -0.1) is 0 Å². The van der Waals surface area contributed by atoms with E-state index in [2.05, 4.69) is 11.9 Å². The number of carbonyl (C=O) groups excluding carboxylic acids is 1. The summed E-state index contributed by atoms with van der Waals surface area (Å²) in [7, 11) is 0.401. The first-order chi connectivity index (χ1) is 9.33. The zero-order valence-corrected chi connectivity index (χ0v) is 13.5. The summed E-state index contributed by atoms with van der Waals surface area (Å²) in [6.07, 6.45) is 3.64. The Labute approximate surface area is 122 Å². The molecule has 0 spiro atoms. The zero-order valence-electron chi connectivity index (χ0n) is 12.7. The minimum Gasteiger partial charge on any atom is -0.385 e. The molecule has 1 heterocycles. The molecule has 0 aromatic heterocycles. The summed E-state index contributed by atoms with van der Waals surface area (Å²) >= 11 is 0. The predicted octanol–water partition coefficient (Wildman–Crippen LogP) is -0.00970. The van der Waals surface area contributed by atoms with Crippen LogP contribution in [0.4, 0.5) is 0 Å². The minimum atomic E-state index is -3.28. The lowest BCUT2D eigenvalue weighted by atomic mass is 10.0. The molecule has 1 aliphatic heterocycles. The van der Waals surface area contributed by atoms with E-state index in [4.69, 9.17) is 4.74 Å². The van der Waals surface area contributed by atoms with Gasteiger partial charge in [-0.05, 0) is 39.4 Å². The number of nitrogens with zero attached hydrogens (tertiary/aromatic N) is 2. The molecule has 0 unspecified atom stereocenters. The van der Waals surface area contributed by atoms with Crippen LogP contribution in [0.25, 0.3) is 0 Å². The highest BCUT2D eigenvalue weighted by molar-refractivity contribution is 7.91. The van der Waals surface area contributed by atoms with Gasteiger partial charge in [0.25, 0.3) is 0 Å². The highest BCUT2D eigenvalue weighted by atomic mass is 32.2. The van der Waals surface area contributed by atoms with Gasteiger partial charge in [0.2, 0.25) is 5.91 Å². The average molecular weight is 306 g/mol. The molecule has 0 aromatic rings. The van der Waals surface area contributed by atoms with Crippen molar-refractivity contribution in [3.05, 3.63) is 0 Å². The molecular weight excluding hydrogens is 280 g/mol. The van der Waals surface area contributed by atoms with Gasteiger partial charge in [0, 0.05) is 32.6 Å². The van der Waals surface area contributed by atoms with E-state index in [1.807, 2.05) is 0 Å². The van der Waals surface area contributed by atoms with Crippen molar-refractivity contribution < 1.29 is 17.9 Å². The molecule has 0 bridgehead atoms. The van der Waals surface area contributed by atoms with Crippen molar-refractivity contribution in [3.8, 4) is 0 Å². The number of piperidine rings is 1. The van der Waals surface area contributed by atoms with E-state index >= 15 is 0 Å². The molecule has 1 amide bonds. The number of carbonyl (C=O) groups is 1. The van der Waals surface area contributed by atoms with Crippen LogP contribution in [0.1, 0.15) is 19.3 Å². The minimum absolute atomic E-state index is 0.150. The monoisotopic (exact) mass is 306 g/mol. The van der Waals surface area contributed by atoms with E-state index < -0.39 is 15.6 Å². The van der Waals surface area contributed by atoms with E-state index in [1.165, 1.54) is 0 Å². The summed E-state index contributed by atoms with van der Waals surface area (Å²) in [6.45, 7) is 3.03. The first kappa shape index (κ1) is 17.4. The normalized spacial score (nSPS) is 18.1. The number of likely N-dealkylation sites (tertiary alicyclic amines) is 1. The summed E-state index contributed by atoms with van der Waals surface area (Å²) in [5, 5.41) is 0. The second-order valence-electron chi connectivity index (χ2n) is 5.54. The van der Waals surface area contributed by atoms with Gasteiger partial charge in [0.15, 0.2) is 9.84 Å². The number of rotatable bonds is 7. The molecule has 0 atom stereocenters. The molecule has 6 nitrogen and oxygen atoms in total. The summed E-state index contributed by atoms with van der Waals surface area (Å²) in [5.41, 5.74) is 0. The molecule has 0 radical (unpaired) electrons. The van der Waals surface area contributed by atoms with E-state index in [9.17, 15) is 13.2 Å². The summed E-state index contributed by atoms with van der Waals surface area (Å²) in [6, 6.07) is 0.150. The number of methoxy groups -OCH3 is 1. The third-order valence-electron chi connectivity index (χ3n) is 3.58. The second kappa shape index (κ2) is 7.95. The Hall–Kier alpha value is -0.660. The van der Waals surface area contributed by atoms with Crippen molar-refractivity contribution in [1.82, 2.24) is 9.80 Å². The van der Waals surface area contributed by atoms with Crippen molar-refractivity contribution >= 4 is 15.7 Å². The highest BCUT2D eigenvalue weighted by Crippen LogP contribution is 2.16. The molecule has 0 N–H and O–H groups in total. The molecule has 1 fully saturated rings. The summed E-state index contributed by atoms with van der Waals surface area (Å²) < 4.78 is 27.7. The number of amides is 1. The van der Waals surface area contributed by atoms with Gasteiger partial charge in [-0.1, -0.05) is 0 Å². The molecule has 7 heteroatoms. The maximum absolute atomic E-state index is 12.2. The topological polar surface area (TPSA) is 66.9 Å². The number of hydrogen-bond acceptors (Lipinski definition) is 5. The Morgan fingerprint density at radius 1 is 1.35 bits per heavy atom. The van der Waals surface area contributed by atoms with Crippen molar-refractivity contribution in [2.24, 2.45) is 0 Å². The van der Waals surface area contributed by atoms with E-state index in [1.54, 1.807) is 12.0 Å². The Balaban J connectivity index is 2.66. The molecule has 0 aromatic carbocycles. The summed E-state index contributed by atoms with van der Waals surface area (Å²) in [5.74, 6) is -0.676. The number of sulfone groups is 1. The molecule has 1 aliphatic rings. The molecule has 20 heavy (non-hydrogen) atoms. The molecule has 1 rings (SSSR count). The predicted molar refractivity (Wildman–Crippen MR) is 78.4 cm³/mol. The van der Waals surface area contributed by atoms with Crippen LogP contribution in [0.5, 0.6) is 0 Å². The van der Waals surface area contributed by atoms with Crippen molar-refractivity contribution in [2.45, 2.75) is 25.3 Å². The maximum Gasteiger partial charge on any atom is 0.238 e. The lowest BCUT2D eigenvalue weighted by molar-refractivity contribution is -0.131.